The van der Waals surface area contributed by atoms with E-state index in [1.807, 2.05) is 0 Å². The van der Waals surface area contributed by atoms with Gasteiger partial charge in [-0.25, -0.2) is 0 Å². The molecule has 2 aromatic carbocycles. The van der Waals surface area contributed by atoms with Crippen molar-refractivity contribution in [3.63, 3.8) is 0 Å². The van der Waals surface area contributed by atoms with E-state index in [0.29, 0.717) is 118 Å². The van der Waals surface area contributed by atoms with Crippen LogP contribution in [0.1, 0.15) is 103 Å². The summed E-state index contributed by atoms with van der Waals surface area (Å²) >= 11 is 7.26. The van der Waals surface area contributed by atoms with Crippen molar-refractivity contribution < 1.29 is 42.6 Å². The number of benzene rings is 2. The highest BCUT2D eigenvalue weighted by Gasteiger charge is 2.44. The van der Waals surface area contributed by atoms with Gasteiger partial charge in [-0.15, -0.1) is 0 Å². The molecule has 19 heteroatoms. The molecule has 0 aromatic heterocycles. The van der Waals surface area contributed by atoms with Gasteiger partial charge in [0.05, 0.1) is 84.7 Å². The average Bonchev–Trinajstić information content (AvgIpc) is 3.96. The number of halogens is 1. The second kappa shape index (κ2) is 34.3. The Morgan fingerprint density at radius 3 is 1.76 bits per heavy atom. The predicted molar refractivity (Wildman–Crippen MR) is 299 cm³/mol. The molecule has 1 aliphatic carbocycles. The van der Waals surface area contributed by atoms with Gasteiger partial charge in [-0.2, -0.15) is 4.58 Å². The van der Waals surface area contributed by atoms with Crippen molar-refractivity contribution in [1.29, 1.82) is 0 Å². The van der Waals surface area contributed by atoms with Crippen LogP contribution >= 0.6 is 11.6 Å². The van der Waals surface area contributed by atoms with Crippen LogP contribution in [0.4, 0.5) is 11.4 Å². The van der Waals surface area contributed by atoms with Crippen LogP contribution in [0, 0.1) is 0 Å². The van der Waals surface area contributed by atoms with Crippen molar-refractivity contribution in [2.45, 2.75) is 103 Å². The molecule has 0 spiro atoms. The Kier molecular flexibility index (Phi) is 27.7. The smallest absolute Gasteiger partial charge is 0.220 e. The number of carbonyl (C=O) groups excluding carboxylic acids is 2. The second-order valence-electron chi connectivity index (χ2n) is 19.8. The number of nitrogens with one attached hydrogen (secondary N) is 2. The van der Waals surface area contributed by atoms with Crippen molar-refractivity contribution in [2.75, 3.05) is 123 Å². The molecule has 2 aliphatic heterocycles. The minimum Gasteiger partial charge on any atom is -0.379 e. The highest BCUT2D eigenvalue weighted by molar-refractivity contribution is 6.33. The number of hydrogen-bond acceptors (Lipinski definition) is 11. The lowest BCUT2D eigenvalue weighted by Gasteiger charge is -2.27. The predicted octanol–water partition coefficient (Wildman–Crippen LogP) is 10.6. The molecule has 0 fully saturated rings. The molecular formula is C57H82ClN10O8+. The Bertz CT molecular complexity index is 2420. The number of carbonyl (C=O) groups is 2. The van der Waals surface area contributed by atoms with Gasteiger partial charge in [0.1, 0.15) is 6.54 Å². The maximum Gasteiger partial charge on any atom is 0.220 e. The van der Waals surface area contributed by atoms with Gasteiger partial charge < -0.3 is 44.0 Å². The standard InChI is InChI=1S/C57H81ClN10O8/c1-56(2)47-15-9-11-17-49(47)67(31-13-5-7-19-53(69)61-27-33-71-37-41-75-43-39-73-35-29-63-65-59)51(56)25-23-45-21-22-46(55(45)58)24-26-52-57(3,4)48-16-10-12-18-50(48)68(52)32-14-6-8-20-54(70)62-28-34-72-38-42-76-44-40-74-36-30-64-66-60/h9-12,15-18,23-26H,5-8,13-14,19-22,27-44H2,1-4H3,(H-,61,62,69,70)/p+1. The minimum atomic E-state index is -0.195. The third-order valence-corrected chi connectivity index (χ3v) is 14.2. The fourth-order valence-electron chi connectivity index (χ4n) is 9.68. The zero-order valence-electron chi connectivity index (χ0n) is 45.4. The highest BCUT2D eigenvalue weighted by Crippen LogP contribution is 2.48. The molecule has 2 heterocycles. The first kappa shape index (κ1) is 61.3. The number of amides is 2. The number of unbranched alkanes of at least 4 members (excludes halogenated alkanes) is 4. The van der Waals surface area contributed by atoms with E-state index in [9.17, 15) is 9.59 Å². The SMILES string of the molecule is CC1(C)C(/C=C/C2=C(Cl)C(=C/C=C3/N(CCCCCC(=O)NCCOCCOCCOCCN=[N+]=[N-])c4ccccc4C3(C)C)/CC2)=[N+](CCCCCC(=O)NCCOCCOCCOCCN=[N+]=[N-])c2ccccc21. The van der Waals surface area contributed by atoms with Crippen LogP contribution in [-0.2, 0) is 48.8 Å². The number of azide groups is 2. The number of para-hydroxylation sites is 2. The summed E-state index contributed by atoms with van der Waals surface area (Å²) in [6.45, 7) is 17.5. The molecule has 0 bridgehead atoms. The Morgan fingerprint density at radius 1 is 0.645 bits per heavy atom. The third kappa shape index (κ3) is 19.8. The third-order valence-electron chi connectivity index (χ3n) is 13.7. The number of hydrogen-bond donors (Lipinski definition) is 2. The van der Waals surface area contributed by atoms with E-state index in [2.05, 4.69) is 141 Å². The first-order chi connectivity index (χ1) is 37.0. The summed E-state index contributed by atoms with van der Waals surface area (Å²) in [5.41, 5.74) is 26.0. The lowest BCUT2D eigenvalue weighted by atomic mass is 9.81. The summed E-state index contributed by atoms with van der Waals surface area (Å²) < 4.78 is 35.1. The van der Waals surface area contributed by atoms with Crippen LogP contribution in [0.3, 0.4) is 0 Å². The van der Waals surface area contributed by atoms with Crippen LogP contribution < -0.4 is 15.5 Å². The molecule has 5 rings (SSSR count). The number of anilines is 1. The minimum absolute atomic E-state index is 0.0346. The summed E-state index contributed by atoms with van der Waals surface area (Å²) in [7, 11) is 0. The van der Waals surface area contributed by atoms with Crippen molar-refractivity contribution in [2.24, 2.45) is 10.2 Å². The van der Waals surface area contributed by atoms with Gasteiger partial charge in [0.15, 0.2) is 5.71 Å². The molecule has 76 heavy (non-hydrogen) atoms. The molecule has 0 unspecified atom stereocenters. The summed E-state index contributed by atoms with van der Waals surface area (Å²) in [6, 6.07) is 17.4. The average molecular weight is 1070 g/mol. The summed E-state index contributed by atoms with van der Waals surface area (Å²) in [5.74, 6) is 0.0691. The zero-order valence-corrected chi connectivity index (χ0v) is 46.2. The molecule has 414 valence electrons. The number of fused-ring (bicyclic) bond motifs is 2. The fraction of sp³-hybridized carbons (Fsp3) is 0.596. The molecule has 18 nitrogen and oxygen atoms in total. The van der Waals surface area contributed by atoms with Gasteiger partial charge in [0, 0.05) is 101 Å². The van der Waals surface area contributed by atoms with E-state index >= 15 is 0 Å². The molecular weight excluding hydrogens is 988 g/mol. The Morgan fingerprint density at radius 2 is 1.17 bits per heavy atom. The maximum atomic E-state index is 12.6. The molecule has 2 aromatic rings. The van der Waals surface area contributed by atoms with Gasteiger partial charge in [0.2, 0.25) is 17.5 Å². The number of ether oxygens (including phenoxy) is 6. The first-order valence-electron chi connectivity index (χ1n) is 27.1. The topological polar surface area (TPSA) is 217 Å². The molecule has 0 radical (unpaired) electrons. The van der Waals surface area contributed by atoms with Gasteiger partial charge in [-0.05, 0) is 92.3 Å². The van der Waals surface area contributed by atoms with Crippen molar-refractivity contribution in [3.8, 4) is 0 Å². The van der Waals surface area contributed by atoms with Crippen molar-refractivity contribution >= 4 is 40.5 Å². The van der Waals surface area contributed by atoms with Crippen LogP contribution in [0.2, 0.25) is 0 Å². The summed E-state index contributed by atoms with van der Waals surface area (Å²) in [4.78, 5) is 33.0. The van der Waals surface area contributed by atoms with E-state index in [4.69, 9.17) is 51.1 Å². The Balaban J connectivity index is 1.07. The molecule has 2 N–H and O–H groups in total. The lowest BCUT2D eigenvalue weighted by Crippen LogP contribution is -2.28. The van der Waals surface area contributed by atoms with Gasteiger partial charge in [0.25, 0.3) is 0 Å². The molecule has 2 amide bonds. The summed E-state index contributed by atoms with van der Waals surface area (Å²) in [6.07, 6.45) is 17.1. The molecule has 3 aliphatic rings. The van der Waals surface area contributed by atoms with E-state index in [1.54, 1.807) is 0 Å². The monoisotopic (exact) mass is 1070 g/mol. The normalized spacial score (nSPS) is 16.4. The summed E-state index contributed by atoms with van der Waals surface area (Å²) in [5, 5.41) is 13.6. The van der Waals surface area contributed by atoms with Crippen molar-refractivity contribution in [3.05, 3.63) is 127 Å². The van der Waals surface area contributed by atoms with E-state index in [-0.39, 0.29) is 22.6 Å². The fourth-order valence-corrected chi connectivity index (χ4v) is 10.00. The Labute approximate surface area is 455 Å². The largest absolute Gasteiger partial charge is 0.379 e. The van der Waals surface area contributed by atoms with Crippen LogP contribution in [0.25, 0.3) is 20.9 Å². The molecule has 0 saturated heterocycles. The van der Waals surface area contributed by atoms with E-state index in [0.717, 1.165) is 80.6 Å². The van der Waals surface area contributed by atoms with Crippen LogP contribution in [-0.4, -0.2) is 141 Å². The van der Waals surface area contributed by atoms with Crippen LogP contribution in [0.15, 0.2) is 105 Å². The highest BCUT2D eigenvalue weighted by atomic mass is 35.5. The first-order valence-corrected chi connectivity index (χ1v) is 27.5. The maximum absolute atomic E-state index is 12.6. The molecule has 0 atom stereocenters. The van der Waals surface area contributed by atoms with E-state index in [1.165, 1.54) is 33.9 Å². The lowest BCUT2D eigenvalue weighted by molar-refractivity contribution is -0.438. The number of nitrogens with zero attached hydrogens (tertiary/aromatic N) is 8. The quantitative estimate of drug-likeness (QED) is 0.0214. The van der Waals surface area contributed by atoms with E-state index < -0.39 is 0 Å². The second-order valence-corrected chi connectivity index (χ2v) is 20.2. The van der Waals surface area contributed by atoms with Crippen molar-refractivity contribution in [1.82, 2.24) is 10.6 Å². The zero-order chi connectivity index (χ0) is 54.3. The Hall–Kier alpha value is -5.52. The van der Waals surface area contributed by atoms with Gasteiger partial charge >= 0.3 is 0 Å². The van der Waals surface area contributed by atoms with Gasteiger partial charge in [-0.1, -0.05) is 90.6 Å². The van der Waals surface area contributed by atoms with Crippen LogP contribution in [0.5, 0.6) is 0 Å². The number of rotatable bonds is 39. The molecule has 0 saturated carbocycles. The number of allylic oxidation sites excluding steroid dienone is 8. The van der Waals surface area contributed by atoms with Gasteiger partial charge in [-0.3, -0.25) is 9.59 Å².